The van der Waals surface area contributed by atoms with Gasteiger partial charge < -0.3 is 15.8 Å². The fourth-order valence-corrected chi connectivity index (χ4v) is 1.02. The molecule has 0 heterocycles. The summed E-state index contributed by atoms with van der Waals surface area (Å²) in [5.41, 5.74) is 6.60. The summed E-state index contributed by atoms with van der Waals surface area (Å²) in [5.74, 6) is 0.476. The zero-order valence-corrected chi connectivity index (χ0v) is 7.76. The van der Waals surface area contributed by atoms with E-state index in [4.69, 9.17) is 10.5 Å². The van der Waals surface area contributed by atoms with Crippen molar-refractivity contribution in [2.75, 3.05) is 24.7 Å². The van der Waals surface area contributed by atoms with Gasteiger partial charge in [-0.15, -0.1) is 0 Å². The highest BCUT2D eigenvalue weighted by molar-refractivity contribution is 5.61. The molecule has 0 spiro atoms. The summed E-state index contributed by atoms with van der Waals surface area (Å²) in [7, 11) is 1.47. The SMILES string of the molecule is COc1cc(NCC(F)F)ccc1N. The third-order valence-electron chi connectivity index (χ3n) is 1.69. The van der Waals surface area contributed by atoms with Gasteiger partial charge in [0.15, 0.2) is 0 Å². The van der Waals surface area contributed by atoms with E-state index in [2.05, 4.69) is 5.32 Å². The fourth-order valence-electron chi connectivity index (χ4n) is 1.02. The van der Waals surface area contributed by atoms with E-state index in [9.17, 15) is 8.78 Å². The molecule has 0 aliphatic heterocycles. The van der Waals surface area contributed by atoms with Gasteiger partial charge in [-0.25, -0.2) is 8.78 Å². The summed E-state index contributed by atoms with van der Waals surface area (Å²) in [6, 6.07) is 4.81. The van der Waals surface area contributed by atoms with Gasteiger partial charge in [-0.2, -0.15) is 0 Å². The molecule has 1 aromatic rings. The van der Waals surface area contributed by atoms with Crippen LogP contribution in [0.2, 0.25) is 0 Å². The van der Waals surface area contributed by atoms with Gasteiger partial charge in [0.1, 0.15) is 5.75 Å². The van der Waals surface area contributed by atoms with Crippen molar-refractivity contribution in [3.8, 4) is 5.75 Å². The largest absolute Gasteiger partial charge is 0.495 e. The number of hydrogen-bond donors (Lipinski definition) is 2. The van der Waals surface area contributed by atoms with Crippen molar-refractivity contribution in [3.63, 3.8) is 0 Å². The summed E-state index contributed by atoms with van der Waals surface area (Å²) < 4.78 is 28.7. The molecule has 1 aromatic carbocycles. The smallest absolute Gasteiger partial charge is 0.255 e. The number of methoxy groups -OCH3 is 1. The molecule has 0 aliphatic carbocycles. The topological polar surface area (TPSA) is 47.3 Å². The van der Waals surface area contributed by atoms with Crippen LogP contribution in [0.25, 0.3) is 0 Å². The fraction of sp³-hybridized carbons (Fsp3) is 0.333. The summed E-state index contributed by atoms with van der Waals surface area (Å²) in [6.45, 7) is -0.382. The van der Waals surface area contributed by atoms with Crippen LogP contribution in [0, 0.1) is 0 Å². The molecule has 0 saturated carbocycles. The Bertz CT molecular complexity index is 305. The first-order valence-electron chi connectivity index (χ1n) is 4.09. The Labute approximate surface area is 80.9 Å². The van der Waals surface area contributed by atoms with Crippen molar-refractivity contribution in [1.29, 1.82) is 0 Å². The lowest BCUT2D eigenvalue weighted by atomic mass is 10.2. The molecule has 5 heteroatoms. The summed E-state index contributed by atoms with van der Waals surface area (Å²) in [5, 5.41) is 2.56. The molecule has 0 aromatic heterocycles. The minimum absolute atomic E-state index is 0.382. The van der Waals surface area contributed by atoms with Gasteiger partial charge in [-0.3, -0.25) is 0 Å². The second-order valence-corrected chi connectivity index (χ2v) is 2.73. The number of nitrogen functional groups attached to an aromatic ring is 1. The Balaban J connectivity index is 2.69. The van der Waals surface area contributed by atoms with Crippen molar-refractivity contribution in [1.82, 2.24) is 0 Å². The molecule has 3 N–H and O–H groups in total. The lowest BCUT2D eigenvalue weighted by Crippen LogP contribution is -2.10. The number of halogens is 2. The lowest BCUT2D eigenvalue weighted by molar-refractivity contribution is 0.163. The van der Waals surface area contributed by atoms with Gasteiger partial charge in [0.25, 0.3) is 6.43 Å². The molecule has 0 aliphatic rings. The number of alkyl halides is 2. The van der Waals surface area contributed by atoms with Crippen LogP contribution in [0.3, 0.4) is 0 Å². The second kappa shape index (κ2) is 4.64. The van der Waals surface area contributed by atoms with Crippen LogP contribution in [-0.2, 0) is 0 Å². The normalized spacial score (nSPS) is 10.3. The number of hydrogen-bond acceptors (Lipinski definition) is 3. The Kier molecular flexibility index (Phi) is 3.50. The quantitative estimate of drug-likeness (QED) is 0.733. The highest BCUT2D eigenvalue weighted by Crippen LogP contribution is 2.24. The number of ether oxygens (including phenoxy) is 1. The highest BCUT2D eigenvalue weighted by Gasteiger charge is 2.04. The molecule has 0 amide bonds. The number of benzene rings is 1. The molecule has 14 heavy (non-hydrogen) atoms. The van der Waals surface area contributed by atoms with E-state index in [1.54, 1.807) is 18.2 Å². The molecule has 0 radical (unpaired) electrons. The maximum Gasteiger partial charge on any atom is 0.255 e. The minimum atomic E-state index is -2.38. The summed E-state index contributed by atoms with van der Waals surface area (Å²) >= 11 is 0. The maximum absolute atomic E-state index is 11.9. The van der Waals surface area contributed by atoms with Gasteiger partial charge in [0.2, 0.25) is 0 Å². The number of anilines is 2. The monoisotopic (exact) mass is 202 g/mol. The van der Waals surface area contributed by atoms with Crippen molar-refractivity contribution in [2.24, 2.45) is 0 Å². The van der Waals surface area contributed by atoms with Crippen molar-refractivity contribution in [2.45, 2.75) is 6.43 Å². The highest BCUT2D eigenvalue weighted by atomic mass is 19.3. The molecule has 3 nitrogen and oxygen atoms in total. The second-order valence-electron chi connectivity index (χ2n) is 2.73. The molecule has 0 atom stereocenters. The van der Waals surface area contributed by atoms with Crippen LogP contribution >= 0.6 is 0 Å². The average molecular weight is 202 g/mol. The molecule has 0 fully saturated rings. The van der Waals surface area contributed by atoms with Crippen LogP contribution < -0.4 is 15.8 Å². The molecule has 0 bridgehead atoms. The van der Waals surface area contributed by atoms with Crippen LogP contribution in [0.5, 0.6) is 5.75 Å². The predicted octanol–water partition coefficient (Wildman–Crippen LogP) is 1.95. The third kappa shape index (κ3) is 2.76. The summed E-state index contributed by atoms with van der Waals surface area (Å²) in [4.78, 5) is 0. The van der Waals surface area contributed by atoms with Crippen LogP contribution in [0.4, 0.5) is 20.2 Å². The lowest BCUT2D eigenvalue weighted by Gasteiger charge is -2.09. The average Bonchev–Trinajstić information content (AvgIpc) is 2.16. The Morgan fingerprint density at radius 3 is 2.79 bits per heavy atom. The predicted molar refractivity (Wildman–Crippen MR) is 51.9 cm³/mol. The van der Waals surface area contributed by atoms with Crippen molar-refractivity contribution in [3.05, 3.63) is 18.2 Å². The first-order chi connectivity index (χ1) is 6.63. The summed E-state index contributed by atoms with van der Waals surface area (Å²) in [6.07, 6.45) is -2.38. The number of nitrogens with two attached hydrogens (primary N) is 1. The van der Waals surface area contributed by atoms with Crippen LogP contribution in [0.1, 0.15) is 0 Å². The van der Waals surface area contributed by atoms with E-state index in [1.165, 1.54) is 7.11 Å². The zero-order chi connectivity index (χ0) is 10.6. The van der Waals surface area contributed by atoms with E-state index < -0.39 is 6.43 Å². The Morgan fingerprint density at radius 1 is 1.50 bits per heavy atom. The van der Waals surface area contributed by atoms with E-state index in [0.29, 0.717) is 17.1 Å². The van der Waals surface area contributed by atoms with Crippen LogP contribution in [0.15, 0.2) is 18.2 Å². The van der Waals surface area contributed by atoms with E-state index in [-0.39, 0.29) is 6.54 Å². The van der Waals surface area contributed by atoms with Gasteiger partial charge >= 0.3 is 0 Å². The first-order valence-corrected chi connectivity index (χ1v) is 4.09. The van der Waals surface area contributed by atoms with Gasteiger partial charge in [0, 0.05) is 11.8 Å². The first kappa shape index (κ1) is 10.6. The van der Waals surface area contributed by atoms with E-state index >= 15 is 0 Å². The molecule has 0 unspecified atom stereocenters. The van der Waals surface area contributed by atoms with Crippen molar-refractivity contribution < 1.29 is 13.5 Å². The third-order valence-corrected chi connectivity index (χ3v) is 1.69. The molecule has 0 saturated heterocycles. The van der Waals surface area contributed by atoms with Gasteiger partial charge in [-0.1, -0.05) is 0 Å². The van der Waals surface area contributed by atoms with Gasteiger partial charge in [-0.05, 0) is 12.1 Å². The van der Waals surface area contributed by atoms with E-state index in [1.807, 2.05) is 0 Å². The molecule has 78 valence electrons. The standard InChI is InChI=1S/C9H12F2N2O/c1-14-8-4-6(2-3-7(8)12)13-5-9(10)11/h2-4,9,13H,5,12H2,1H3. The molecular weight excluding hydrogens is 190 g/mol. The van der Waals surface area contributed by atoms with E-state index in [0.717, 1.165) is 0 Å². The molecular formula is C9H12F2N2O. The van der Waals surface area contributed by atoms with Crippen molar-refractivity contribution >= 4 is 11.4 Å². The Hall–Kier alpha value is -1.52. The maximum atomic E-state index is 11.9. The number of rotatable bonds is 4. The van der Waals surface area contributed by atoms with Gasteiger partial charge in [0.05, 0.1) is 19.3 Å². The molecule has 1 rings (SSSR count). The van der Waals surface area contributed by atoms with Crippen LogP contribution in [-0.4, -0.2) is 20.1 Å². The zero-order valence-electron chi connectivity index (χ0n) is 7.76. The minimum Gasteiger partial charge on any atom is -0.495 e. The number of nitrogens with one attached hydrogen (secondary N) is 1. The Morgan fingerprint density at radius 2 is 2.21 bits per heavy atom.